The molecular weight excluding hydrogens is 548 g/mol. The second kappa shape index (κ2) is 8.77. The molecule has 4 aromatic heterocycles. The molecule has 37 heavy (non-hydrogen) atoms. The van der Waals surface area contributed by atoms with Crippen molar-refractivity contribution in [2.75, 3.05) is 5.32 Å². The average molecular weight is 574 g/mol. The first-order valence-electron chi connectivity index (χ1n) is 12.8. The molecule has 2 saturated carbocycles. The van der Waals surface area contributed by atoms with Gasteiger partial charge in [0.25, 0.3) is 0 Å². The van der Waals surface area contributed by atoms with Crippen LogP contribution in [0.25, 0.3) is 16.6 Å². The van der Waals surface area contributed by atoms with Crippen molar-refractivity contribution in [3.63, 3.8) is 0 Å². The third kappa shape index (κ3) is 4.38. The van der Waals surface area contributed by atoms with Gasteiger partial charge in [-0.3, -0.25) is 4.98 Å². The van der Waals surface area contributed by atoms with E-state index in [2.05, 4.69) is 73.1 Å². The summed E-state index contributed by atoms with van der Waals surface area (Å²) in [6, 6.07) is 12.4. The predicted molar refractivity (Wildman–Crippen MR) is 151 cm³/mol. The van der Waals surface area contributed by atoms with Crippen LogP contribution in [0.15, 0.2) is 59.5 Å². The van der Waals surface area contributed by atoms with Gasteiger partial charge >= 0.3 is 0 Å². The van der Waals surface area contributed by atoms with Gasteiger partial charge in [-0.1, -0.05) is 11.6 Å². The first-order chi connectivity index (χ1) is 17.9. The molecule has 8 heteroatoms. The molecule has 0 aliphatic heterocycles. The van der Waals surface area contributed by atoms with E-state index in [4.69, 9.17) is 21.6 Å². The number of aromatic nitrogens is 5. The van der Waals surface area contributed by atoms with Gasteiger partial charge in [-0.2, -0.15) is 0 Å². The van der Waals surface area contributed by atoms with Crippen molar-refractivity contribution >= 4 is 49.8 Å². The van der Waals surface area contributed by atoms with Crippen molar-refractivity contribution in [3.8, 4) is 0 Å². The van der Waals surface area contributed by atoms with Crippen LogP contribution < -0.4 is 5.32 Å². The SMILES string of the molecule is Cc1ccnc([C@H]2C[C@@H]2c2cc(Cl)c3ccc(N[C@H](C)c4cn5cc(C6CC6)cc(Br)c5n4)cc3n2)n1. The van der Waals surface area contributed by atoms with Gasteiger partial charge in [-0.15, -0.1) is 0 Å². The van der Waals surface area contributed by atoms with Crippen LogP contribution in [0.1, 0.15) is 78.5 Å². The van der Waals surface area contributed by atoms with Crippen LogP contribution in [0.3, 0.4) is 0 Å². The molecule has 0 saturated heterocycles. The summed E-state index contributed by atoms with van der Waals surface area (Å²) in [5.74, 6) is 2.20. The molecule has 0 unspecified atom stereocenters. The zero-order chi connectivity index (χ0) is 25.3. The maximum absolute atomic E-state index is 6.70. The number of benzene rings is 1. The normalized spacial score (nSPS) is 19.9. The highest BCUT2D eigenvalue weighted by atomic mass is 79.9. The van der Waals surface area contributed by atoms with Gasteiger partial charge in [-0.05, 0) is 96.9 Å². The van der Waals surface area contributed by atoms with Crippen LogP contribution in [0, 0.1) is 6.92 Å². The van der Waals surface area contributed by atoms with Gasteiger partial charge < -0.3 is 9.72 Å². The molecule has 5 aromatic rings. The Labute approximate surface area is 228 Å². The summed E-state index contributed by atoms with van der Waals surface area (Å²) >= 11 is 10.4. The predicted octanol–water partition coefficient (Wildman–Crippen LogP) is 7.72. The highest BCUT2D eigenvalue weighted by molar-refractivity contribution is 9.10. The van der Waals surface area contributed by atoms with Crippen LogP contribution in [0.4, 0.5) is 5.69 Å². The maximum atomic E-state index is 6.70. The first kappa shape index (κ1) is 23.1. The Bertz CT molecular complexity index is 1680. The fourth-order valence-electron chi connectivity index (χ4n) is 5.21. The summed E-state index contributed by atoms with van der Waals surface area (Å²) < 4.78 is 3.19. The summed E-state index contributed by atoms with van der Waals surface area (Å²) in [6.07, 6.45) is 9.73. The standard InChI is InChI=1S/C29H26BrClN6/c1-15-7-8-32-28(33-15)22-11-21(22)26-12-24(31)20-6-5-19(10-25(20)35-26)34-16(2)27-14-37-13-18(17-3-4-17)9-23(30)29(37)36-27/h5-10,12-14,16-17,21-22,34H,3-4,11H2,1-2H3/t16-,21+,22+/m1/s1. The molecule has 1 aromatic carbocycles. The van der Waals surface area contributed by atoms with E-state index < -0.39 is 0 Å². The molecule has 2 fully saturated rings. The van der Waals surface area contributed by atoms with Crippen molar-refractivity contribution in [3.05, 3.63) is 93.0 Å². The molecule has 7 rings (SSSR count). The second-order valence-electron chi connectivity index (χ2n) is 10.4. The number of halogens is 2. The van der Waals surface area contributed by atoms with Crippen LogP contribution in [-0.2, 0) is 0 Å². The number of pyridine rings is 2. The lowest BCUT2D eigenvalue weighted by Crippen LogP contribution is -2.07. The number of imidazole rings is 1. The van der Waals surface area contributed by atoms with Gasteiger partial charge in [0, 0.05) is 52.9 Å². The summed E-state index contributed by atoms with van der Waals surface area (Å²) in [7, 11) is 0. The number of hydrogen-bond donors (Lipinski definition) is 1. The number of anilines is 1. The highest BCUT2D eigenvalue weighted by Gasteiger charge is 2.43. The fraction of sp³-hybridized carbons (Fsp3) is 0.310. The van der Waals surface area contributed by atoms with Gasteiger partial charge in [0.05, 0.1) is 26.7 Å². The molecule has 4 heterocycles. The van der Waals surface area contributed by atoms with Gasteiger partial charge in [-0.25, -0.2) is 15.0 Å². The van der Waals surface area contributed by atoms with Crippen molar-refractivity contribution < 1.29 is 0 Å². The van der Waals surface area contributed by atoms with E-state index in [1.54, 1.807) is 0 Å². The molecule has 0 amide bonds. The lowest BCUT2D eigenvalue weighted by molar-refractivity contribution is 0.851. The van der Waals surface area contributed by atoms with Crippen LogP contribution in [0.2, 0.25) is 5.02 Å². The molecule has 2 aliphatic rings. The Balaban J connectivity index is 1.14. The minimum absolute atomic E-state index is 0.0264. The van der Waals surface area contributed by atoms with Gasteiger partial charge in [0.2, 0.25) is 0 Å². The zero-order valence-electron chi connectivity index (χ0n) is 20.6. The monoisotopic (exact) mass is 572 g/mol. The number of fused-ring (bicyclic) bond motifs is 2. The largest absolute Gasteiger partial charge is 0.377 e. The van der Waals surface area contributed by atoms with E-state index in [0.717, 1.165) is 61.1 Å². The fourth-order valence-corrected chi connectivity index (χ4v) is 6.04. The molecule has 0 spiro atoms. The van der Waals surface area contributed by atoms with Gasteiger partial charge in [0.15, 0.2) is 5.65 Å². The number of rotatable bonds is 6. The van der Waals surface area contributed by atoms with E-state index in [9.17, 15) is 0 Å². The summed E-state index contributed by atoms with van der Waals surface area (Å²) in [5, 5.41) is 5.30. The Morgan fingerprint density at radius 1 is 1.05 bits per heavy atom. The lowest BCUT2D eigenvalue weighted by Gasteiger charge is -2.14. The molecule has 6 nitrogen and oxygen atoms in total. The Morgan fingerprint density at radius 3 is 2.73 bits per heavy atom. The van der Waals surface area contributed by atoms with Crippen molar-refractivity contribution in [1.29, 1.82) is 0 Å². The molecule has 186 valence electrons. The Hall–Kier alpha value is -3.03. The van der Waals surface area contributed by atoms with E-state index in [-0.39, 0.29) is 6.04 Å². The van der Waals surface area contributed by atoms with Crippen LogP contribution in [-0.4, -0.2) is 24.3 Å². The van der Waals surface area contributed by atoms with E-state index in [0.29, 0.717) is 17.8 Å². The van der Waals surface area contributed by atoms with Gasteiger partial charge in [0.1, 0.15) is 5.82 Å². The number of nitrogens with one attached hydrogen (secondary N) is 1. The van der Waals surface area contributed by atoms with E-state index in [1.165, 1.54) is 18.4 Å². The van der Waals surface area contributed by atoms with Crippen molar-refractivity contribution in [2.45, 2.75) is 56.9 Å². The number of nitrogens with zero attached hydrogens (tertiary/aromatic N) is 5. The third-order valence-electron chi connectivity index (χ3n) is 7.52. The molecule has 2 aliphatic carbocycles. The molecule has 3 atom stereocenters. The number of aryl methyl sites for hydroxylation is 1. The van der Waals surface area contributed by atoms with Crippen molar-refractivity contribution in [2.24, 2.45) is 0 Å². The minimum atomic E-state index is 0.0264. The second-order valence-corrected chi connectivity index (χ2v) is 11.7. The Morgan fingerprint density at radius 2 is 1.92 bits per heavy atom. The van der Waals surface area contributed by atoms with E-state index >= 15 is 0 Å². The summed E-state index contributed by atoms with van der Waals surface area (Å²) in [6.45, 7) is 4.13. The average Bonchev–Trinajstić information content (AvgIpc) is 3.80. The minimum Gasteiger partial charge on any atom is -0.377 e. The lowest BCUT2D eigenvalue weighted by atomic mass is 10.1. The Kier molecular flexibility index (Phi) is 5.48. The number of hydrogen-bond acceptors (Lipinski definition) is 5. The molecular formula is C29H26BrClN6. The highest BCUT2D eigenvalue weighted by Crippen LogP contribution is 2.53. The molecule has 0 bridgehead atoms. The first-order valence-corrected chi connectivity index (χ1v) is 13.9. The van der Waals surface area contributed by atoms with E-state index in [1.807, 2.05) is 31.3 Å². The zero-order valence-corrected chi connectivity index (χ0v) is 23.0. The third-order valence-corrected chi connectivity index (χ3v) is 8.41. The maximum Gasteiger partial charge on any atom is 0.151 e. The topological polar surface area (TPSA) is 68.0 Å². The smallest absolute Gasteiger partial charge is 0.151 e. The molecule has 1 N–H and O–H groups in total. The quantitative estimate of drug-likeness (QED) is 0.225. The summed E-state index contributed by atoms with van der Waals surface area (Å²) in [4.78, 5) is 19.0. The van der Waals surface area contributed by atoms with Crippen molar-refractivity contribution in [1.82, 2.24) is 24.3 Å². The van der Waals surface area contributed by atoms with Crippen LogP contribution >= 0.6 is 27.5 Å². The summed E-state index contributed by atoms with van der Waals surface area (Å²) in [5.41, 5.74) is 7.20. The molecule has 0 radical (unpaired) electrons. The van der Waals surface area contributed by atoms with Crippen LogP contribution in [0.5, 0.6) is 0 Å².